The first kappa shape index (κ1) is 9.29. The number of hydrogen-bond donors (Lipinski definition) is 0. The topological polar surface area (TPSA) is 0 Å². The quantitative estimate of drug-likeness (QED) is 0.413. The van der Waals surface area contributed by atoms with E-state index in [4.69, 9.17) is 11.6 Å². The van der Waals surface area contributed by atoms with Crippen LogP contribution < -0.4 is 0 Å². The van der Waals surface area contributed by atoms with Crippen LogP contribution in [0.3, 0.4) is 0 Å². The number of hydrogen-bond acceptors (Lipinski definition) is 0. The van der Waals surface area contributed by atoms with E-state index in [0.717, 1.165) is 0 Å². The third-order valence-electron chi connectivity index (χ3n) is 1.30. The first-order chi connectivity index (χ1) is 4.27. The van der Waals surface area contributed by atoms with Gasteiger partial charge in [0.25, 0.3) is 0 Å². The predicted molar refractivity (Wildman–Crippen MR) is 43.8 cm³/mol. The molecular weight excluding hydrogens is 132 g/mol. The van der Waals surface area contributed by atoms with Crippen LogP contribution in [-0.2, 0) is 0 Å². The van der Waals surface area contributed by atoms with Crippen molar-refractivity contribution >= 4 is 11.6 Å². The molecule has 1 heteroatoms. The van der Waals surface area contributed by atoms with Crippen molar-refractivity contribution in [2.45, 2.75) is 44.9 Å². The van der Waals surface area contributed by atoms with Gasteiger partial charge in [-0.1, -0.05) is 26.2 Å². The average molecular weight is 148 g/mol. The monoisotopic (exact) mass is 147 g/mol. The van der Waals surface area contributed by atoms with Crippen molar-refractivity contribution in [2.75, 3.05) is 0 Å². The Morgan fingerprint density at radius 2 is 2.11 bits per heavy atom. The van der Waals surface area contributed by atoms with Crippen molar-refractivity contribution in [1.29, 1.82) is 0 Å². The van der Waals surface area contributed by atoms with E-state index >= 15 is 0 Å². The maximum Gasteiger partial charge on any atom is 0.0339 e. The van der Waals surface area contributed by atoms with E-state index in [9.17, 15) is 0 Å². The third-order valence-corrected chi connectivity index (χ3v) is 1.48. The summed E-state index contributed by atoms with van der Waals surface area (Å²) in [7, 11) is 0. The fourth-order valence-corrected chi connectivity index (χ4v) is 0.868. The van der Waals surface area contributed by atoms with Crippen LogP contribution in [0.5, 0.6) is 0 Å². The first-order valence-corrected chi connectivity index (χ1v) is 4.18. The van der Waals surface area contributed by atoms with Gasteiger partial charge in [-0.15, -0.1) is 11.6 Å². The van der Waals surface area contributed by atoms with Gasteiger partial charge in [0, 0.05) is 5.38 Å². The summed E-state index contributed by atoms with van der Waals surface area (Å²) < 4.78 is 0. The van der Waals surface area contributed by atoms with Crippen molar-refractivity contribution in [1.82, 2.24) is 0 Å². The molecule has 0 amide bonds. The van der Waals surface area contributed by atoms with Crippen molar-refractivity contribution < 1.29 is 0 Å². The Balaban J connectivity index is 2.75. The lowest BCUT2D eigenvalue weighted by atomic mass is 10.1. The van der Waals surface area contributed by atoms with Gasteiger partial charge >= 0.3 is 0 Å². The standard InChI is InChI=1S/C8H16Cl/c1-3-4-5-6-7-8(2)9/h7-8H,3-6H2,1-2H3. The SMILES string of the molecule is CCCCC[CH]C(C)Cl. The van der Waals surface area contributed by atoms with Crippen LogP contribution in [0.1, 0.15) is 39.5 Å². The third kappa shape index (κ3) is 8.29. The fraction of sp³-hybridized carbons (Fsp3) is 0.875. The Bertz CT molecular complexity index is 50.5. The zero-order valence-corrected chi connectivity index (χ0v) is 7.12. The van der Waals surface area contributed by atoms with E-state index in [2.05, 4.69) is 13.3 Å². The maximum absolute atomic E-state index is 5.70. The van der Waals surface area contributed by atoms with E-state index in [1.165, 1.54) is 25.7 Å². The second kappa shape index (κ2) is 6.41. The Kier molecular flexibility index (Phi) is 6.62. The normalized spacial score (nSPS) is 13.7. The highest BCUT2D eigenvalue weighted by atomic mass is 35.5. The van der Waals surface area contributed by atoms with Gasteiger partial charge in [-0.3, -0.25) is 0 Å². The summed E-state index contributed by atoms with van der Waals surface area (Å²) in [6.07, 6.45) is 7.27. The zero-order chi connectivity index (χ0) is 7.11. The summed E-state index contributed by atoms with van der Waals surface area (Å²) in [6.45, 7) is 4.22. The van der Waals surface area contributed by atoms with Crippen molar-refractivity contribution in [3.8, 4) is 0 Å². The van der Waals surface area contributed by atoms with Gasteiger partial charge in [0.05, 0.1) is 0 Å². The molecule has 0 heterocycles. The average Bonchev–Trinajstić information content (AvgIpc) is 1.80. The molecule has 1 atom stereocenters. The van der Waals surface area contributed by atoms with Gasteiger partial charge in [-0.2, -0.15) is 0 Å². The molecule has 0 nitrogen and oxygen atoms in total. The second-order valence-corrected chi connectivity index (χ2v) is 3.10. The summed E-state index contributed by atoms with van der Waals surface area (Å²) in [6, 6.07) is 0. The molecule has 0 aromatic carbocycles. The summed E-state index contributed by atoms with van der Waals surface area (Å²) in [5.41, 5.74) is 0. The highest BCUT2D eigenvalue weighted by Gasteiger charge is 1.94. The molecule has 0 aliphatic carbocycles. The van der Waals surface area contributed by atoms with Crippen LogP contribution in [0, 0.1) is 6.42 Å². The molecule has 0 aliphatic rings. The molecular formula is C8H16Cl. The molecule has 1 unspecified atom stereocenters. The molecule has 0 N–H and O–H groups in total. The van der Waals surface area contributed by atoms with Gasteiger partial charge in [-0.25, -0.2) is 0 Å². The lowest BCUT2D eigenvalue weighted by Crippen LogP contribution is -1.90. The van der Waals surface area contributed by atoms with Gasteiger partial charge in [0.15, 0.2) is 0 Å². The van der Waals surface area contributed by atoms with Crippen LogP contribution in [0.15, 0.2) is 0 Å². The number of alkyl halides is 1. The van der Waals surface area contributed by atoms with Gasteiger partial charge in [-0.05, 0) is 19.8 Å². The van der Waals surface area contributed by atoms with Crippen LogP contribution in [0.4, 0.5) is 0 Å². The predicted octanol–water partition coefficient (Wildman–Crippen LogP) is 3.40. The Hall–Kier alpha value is 0.290. The zero-order valence-electron chi connectivity index (χ0n) is 6.36. The van der Waals surface area contributed by atoms with E-state index in [-0.39, 0.29) is 5.38 Å². The largest absolute Gasteiger partial charge is 0.123 e. The van der Waals surface area contributed by atoms with Crippen molar-refractivity contribution in [3.63, 3.8) is 0 Å². The maximum atomic E-state index is 5.70. The van der Waals surface area contributed by atoms with Crippen molar-refractivity contribution in [2.24, 2.45) is 0 Å². The lowest BCUT2D eigenvalue weighted by molar-refractivity contribution is 0.700. The molecule has 0 aromatic heterocycles. The second-order valence-electron chi connectivity index (χ2n) is 2.41. The van der Waals surface area contributed by atoms with E-state index in [0.29, 0.717) is 0 Å². The minimum Gasteiger partial charge on any atom is -0.123 e. The summed E-state index contributed by atoms with van der Waals surface area (Å²) >= 11 is 5.70. The summed E-state index contributed by atoms with van der Waals surface area (Å²) in [5.74, 6) is 0. The Morgan fingerprint density at radius 3 is 2.56 bits per heavy atom. The molecule has 0 fully saturated rings. The number of rotatable bonds is 5. The molecule has 0 saturated heterocycles. The van der Waals surface area contributed by atoms with E-state index in [1.54, 1.807) is 0 Å². The van der Waals surface area contributed by atoms with Crippen LogP contribution in [-0.4, -0.2) is 5.38 Å². The minimum atomic E-state index is 0.252. The number of unbranched alkanes of at least 4 members (excludes halogenated alkanes) is 3. The summed E-state index contributed by atoms with van der Waals surface area (Å²) in [4.78, 5) is 0. The Labute approximate surface area is 63.6 Å². The first-order valence-electron chi connectivity index (χ1n) is 3.74. The molecule has 0 bridgehead atoms. The Morgan fingerprint density at radius 1 is 1.44 bits per heavy atom. The molecule has 0 spiro atoms. The van der Waals surface area contributed by atoms with Crippen LogP contribution in [0.25, 0.3) is 0 Å². The molecule has 0 aliphatic heterocycles. The molecule has 0 aromatic rings. The lowest BCUT2D eigenvalue weighted by Gasteiger charge is -1.99. The molecule has 55 valence electrons. The van der Waals surface area contributed by atoms with Gasteiger partial charge in [0.1, 0.15) is 0 Å². The van der Waals surface area contributed by atoms with Gasteiger partial charge in [0.2, 0.25) is 0 Å². The highest BCUT2D eigenvalue weighted by Crippen LogP contribution is 2.07. The van der Waals surface area contributed by atoms with Crippen LogP contribution in [0.2, 0.25) is 0 Å². The fourth-order valence-electron chi connectivity index (χ4n) is 0.742. The van der Waals surface area contributed by atoms with Crippen LogP contribution >= 0.6 is 11.6 Å². The molecule has 0 rings (SSSR count). The minimum absolute atomic E-state index is 0.252. The molecule has 9 heavy (non-hydrogen) atoms. The smallest absolute Gasteiger partial charge is 0.0339 e. The molecule has 0 saturated carbocycles. The highest BCUT2D eigenvalue weighted by molar-refractivity contribution is 6.21. The van der Waals surface area contributed by atoms with Gasteiger partial charge < -0.3 is 0 Å². The van der Waals surface area contributed by atoms with E-state index < -0.39 is 0 Å². The summed E-state index contributed by atoms with van der Waals surface area (Å²) in [5, 5.41) is 0.252. The molecule has 1 radical (unpaired) electrons. The number of halogens is 1. The van der Waals surface area contributed by atoms with Crippen molar-refractivity contribution in [3.05, 3.63) is 6.42 Å². The van der Waals surface area contributed by atoms with E-state index in [1.807, 2.05) is 6.92 Å².